The lowest BCUT2D eigenvalue weighted by Crippen LogP contribution is -2.07. The number of aryl methyl sites for hydroxylation is 2. The normalized spacial score (nSPS) is 10.6. The van der Waals surface area contributed by atoms with Crippen molar-refractivity contribution in [3.8, 4) is 11.5 Å². The average molecular weight is 250 g/mol. The maximum Gasteiger partial charge on any atom is 0.362 e. The molecule has 0 saturated heterocycles. The molecule has 2 aromatic rings. The number of nitrogens with two attached hydrogens (primary N) is 1. The predicted octanol–water partition coefficient (Wildman–Crippen LogP) is 2.31. The third kappa shape index (κ3) is 2.09. The monoisotopic (exact) mass is 250 g/mol. The Bertz CT molecular complexity index is 583. The highest BCUT2D eigenvalue weighted by molar-refractivity contribution is 5.92. The second-order valence-electron chi connectivity index (χ2n) is 3.78. The molecular weight excluding hydrogens is 236 g/mol. The summed E-state index contributed by atoms with van der Waals surface area (Å²) in [5.74, 6) is 0.996. The fourth-order valence-corrected chi connectivity index (χ4v) is 1.64. The van der Waals surface area contributed by atoms with E-state index < -0.39 is 5.97 Å². The molecule has 0 amide bonds. The second kappa shape index (κ2) is 4.56. The zero-order chi connectivity index (χ0) is 13.3. The van der Waals surface area contributed by atoms with Crippen LogP contribution in [-0.2, 0) is 4.74 Å². The molecule has 2 N–H and O–H groups in total. The van der Waals surface area contributed by atoms with Gasteiger partial charge in [-0.15, -0.1) is 0 Å². The van der Waals surface area contributed by atoms with E-state index >= 15 is 0 Å². The van der Waals surface area contributed by atoms with E-state index in [1.165, 1.54) is 0 Å². The molecule has 0 saturated carbocycles. The second-order valence-corrected chi connectivity index (χ2v) is 3.78. The summed E-state index contributed by atoms with van der Waals surface area (Å²) in [6.45, 7) is 5.56. The van der Waals surface area contributed by atoms with Gasteiger partial charge in [-0.3, -0.25) is 0 Å². The van der Waals surface area contributed by atoms with Crippen LogP contribution in [-0.4, -0.2) is 17.6 Å². The minimum atomic E-state index is -0.595. The van der Waals surface area contributed by atoms with Crippen molar-refractivity contribution < 1.29 is 18.4 Å². The number of oxazole rings is 1. The van der Waals surface area contributed by atoms with Crippen molar-refractivity contribution in [3.63, 3.8) is 0 Å². The number of anilines is 1. The first-order valence-electron chi connectivity index (χ1n) is 5.53. The van der Waals surface area contributed by atoms with Crippen LogP contribution in [0.5, 0.6) is 0 Å². The molecule has 6 nitrogen and oxygen atoms in total. The molecule has 0 spiro atoms. The maximum atomic E-state index is 11.6. The highest BCUT2D eigenvalue weighted by Gasteiger charge is 2.22. The Hall–Kier alpha value is -2.24. The Morgan fingerprint density at radius 3 is 2.72 bits per heavy atom. The minimum absolute atomic E-state index is 0.00916. The van der Waals surface area contributed by atoms with E-state index in [9.17, 15) is 4.79 Å². The van der Waals surface area contributed by atoms with Gasteiger partial charge < -0.3 is 19.3 Å². The number of nitrogen functional groups attached to an aromatic ring is 1. The van der Waals surface area contributed by atoms with E-state index in [2.05, 4.69) is 4.98 Å². The fourth-order valence-electron chi connectivity index (χ4n) is 1.64. The summed E-state index contributed by atoms with van der Waals surface area (Å²) >= 11 is 0. The summed E-state index contributed by atoms with van der Waals surface area (Å²) in [6.07, 6.45) is 0. The van der Waals surface area contributed by atoms with Crippen LogP contribution in [0.25, 0.3) is 11.5 Å². The van der Waals surface area contributed by atoms with Gasteiger partial charge in [0.1, 0.15) is 11.5 Å². The van der Waals surface area contributed by atoms with Crippen LogP contribution in [0, 0.1) is 13.8 Å². The van der Waals surface area contributed by atoms with Crippen LogP contribution in [0.4, 0.5) is 5.88 Å². The van der Waals surface area contributed by atoms with Gasteiger partial charge >= 0.3 is 5.97 Å². The third-order valence-electron chi connectivity index (χ3n) is 2.39. The Balaban J connectivity index is 2.40. The third-order valence-corrected chi connectivity index (χ3v) is 2.39. The molecule has 0 unspecified atom stereocenters. The SMILES string of the molecule is CCOC(=O)c1nc(-c2cc(C)oc2C)oc1N. The van der Waals surface area contributed by atoms with Gasteiger partial charge in [0.15, 0.2) is 0 Å². The first kappa shape index (κ1) is 12.2. The number of nitrogens with zero attached hydrogens (tertiary/aromatic N) is 1. The maximum absolute atomic E-state index is 11.6. The molecule has 0 radical (unpaired) electrons. The van der Waals surface area contributed by atoms with Crippen LogP contribution in [0.3, 0.4) is 0 Å². The quantitative estimate of drug-likeness (QED) is 0.840. The summed E-state index contributed by atoms with van der Waals surface area (Å²) in [4.78, 5) is 15.6. The highest BCUT2D eigenvalue weighted by Crippen LogP contribution is 2.28. The molecule has 0 fully saturated rings. The number of furan rings is 1. The molecule has 0 aliphatic heterocycles. The van der Waals surface area contributed by atoms with Crippen LogP contribution >= 0.6 is 0 Å². The predicted molar refractivity (Wildman–Crippen MR) is 64.0 cm³/mol. The summed E-state index contributed by atoms with van der Waals surface area (Å²) < 4.78 is 15.5. The number of hydrogen-bond donors (Lipinski definition) is 1. The van der Waals surface area contributed by atoms with Crippen molar-refractivity contribution >= 4 is 11.9 Å². The van der Waals surface area contributed by atoms with Crippen molar-refractivity contribution in [2.75, 3.05) is 12.3 Å². The lowest BCUT2D eigenvalue weighted by Gasteiger charge is -1.96. The van der Waals surface area contributed by atoms with Crippen LogP contribution in [0.2, 0.25) is 0 Å². The molecule has 96 valence electrons. The molecule has 0 bridgehead atoms. The van der Waals surface area contributed by atoms with Crippen molar-refractivity contribution in [2.45, 2.75) is 20.8 Å². The van der Waals surface area contributed by atoms with Gasteiger partial charge in [0.05, 0.1) is 12.2 Å². The molecule has 0 aliphatic carbocycles. The topological polar surface area (TPSA) is 91.5 Å². The van der Waals surface area contributed by atoms with Crippen molar-refractivity contribution in [3.05, 3.63) is 23.3 Å². The first-order chi connectivity index (χ1) is 8.52. The Labute approximate surface area is 104 Å². The number of carbonyl (C=O) groups excluding carboxylic acids is 1. The summed E-state index contributed by atoms with van der Waals surface area (Å²) in [5.41, 5.74) is 6.27. The van der Waals surface area contributed by atoms with Gasteiger partial charge in [0, 0.05) is 0 Å². The van der Waals surface area contributed by atoms with Gasteiger partial charge in [0.25, 0.3) is 0 Å². The highest BCUT2D eigenvalue weighted by atomic mass is 16.5. The number of esters is 1. The largest absolute Gasteiger partial charge is 0.466 e. The van der Waals surface area contributed by atoms with Gasteiger partial charge in [-0.25, -0.2) is 4.79 Å². The molecule has 0 aliphatic rings. The van der Waals surface area contributed by atoms with Crippen LogP contribution in [0.15, 0.2) is 14.9 Å². The number of rotatable bonds is 3. The smallest absolute Gasteiger partial charge is 0.362 e. The first-order valence-corrected chi connectivity index (χ1v) is 5.53. The number of carbonyl (C=O) groups is 1. The molecule has 2 aromatic heterocycles. The lowest BCUT2D eigenvalue weighted by molar-refractivity contribution is 0.0521. The average Bonchev–Trinajstić information content (AvgIpc) is 2.82. The molecule has 0 aromatic carbocycles. The minimum Gasteiger partial charge on any atom is -0.466 e. The van der Waals surface area contributed by atoms with E-state index in [-0.39, 0.29) is 24.1 Å². The van der Waals surface area contributed by atoms with E-state index in [1.807, 2.05) is 6.92 Å². The molecule has 0 atom stereocenters. The molecule has 2 rings (SSSR count). The fraction of sp³-hybridized carbons (Fsp3) is 0.333. The standard InChI is InChI=1S/C12H14N2O4/c1-4-16-12(15)9-10(13)18-11(14-9)8-5-6(2)17-7(8)3/h5H,4,13H2,1-3H3. The van der Waals surface area contributed by atoms with E-state index in [4.69, 9.17) is 19.3 Å². The van der Waals surface area contributed by atoms with E-state index in [0.717, 1.165) is 5.76 Å². The number of aromatic nitrogens is 1. The molecular formula is C12H14N2O4. The van der Waals surface area contributed by atoms with Gasteiger partial charge in [-0.05, 0) is 26.8 Å². The van der Waals surface area contributed by atoms with Crippen LogP contribution in [0.1, 0.15) is 28.9 Å². The van der Waals surface area contributed by atoms with E-state index in [1.54, 1.807) is 19.9 Å². The Morgan fingerprint density at radius 2 is 2.17 bits per heavy atom. The summed E-state index contributed by atoms with van der Waals surface area (Å²) in [5, 5.41) is 0. The molecule has 18 heavy (non-hydrogen) atoms. The zero-order valence-electron chi connectivity index (χ0n) is 10.4. The van der Waals surface area contributed by atoms with Gasteiger partial charge in [-0.2, -0.15) is 4.98 Å². The van der Waals surface area contributed by atoms with Crippen LogP contribution < -0.4 is 5.73 Å². The summed E-state index contributed by atoms with van der Waals surface area (Å²) in [6, 6.07) is 1.77. The lowest BCUT2D eigenvalue weighted by atomic mass is 10.2. The van der Waals surface area contributed by atoms with Gasteiger partial charge in [-0.1, -0.05) is 0 Å². The van der Waals surface area contributed by atoms with E-state index in [0.29, 0.717) is 11.3 Å². The summed E-state index contributed by atoms with van der Waals surface area (Å²) in [7, 11) is 0. The van der Waals surface area contributed by atoms with Crippen molar-refractivity contribution in [2.24, 2.45) is 0 Å². The zero-order valence-corrected chi connectivity index (χ0v) is 10.4. The molecule has 2 heterocycles. The number of ether oxygens (including phenoxy) is 1. The Morgan fingerprint density at radius 1 is 1.44 bits per heavy atom. The number of hydrogen-bond acceptors (Lipinski definition) is 6. The Kier molecular flexibility index (Phi) is 3.10. The van der Waals surface area contributed by atoms with Gasteiger partial charge in [0.2, 0.25) is 17.5 Å². The molecule has 6 heteroatoms. The van der Waals surface area contributed by atoms with Crippen molar-refractivity contribution in [1.29, 1.82) is 0 Å². The van der Waals surface area contributed by atoms with Crippen molar-refractivity contribution in [1.82, 2.24) is 4.98 Å².